The SMILES string of the molecule is CCCNC(CCS(C)(=O)=O)c1scnc1C. The smallest absolute Gasteiger partial charge is 0.147 e. The van der Waals surface area contributed by atoms with Crippen LogP contribution in [0.5, 0.6) is 0 Å². The lowest BCUT2D eigenvalue weighted by molar-refractivity contribution is 0.517. The molecule has 98 valence electrons. The van der Waals surface area contributed by atoms with Crippen molar-refractivity contribution < 1.29 is 8.42 Å². The number of hydrogen-bond acceptors (Lipinski definition) is 5. The summed E-state index contributed by atoms with van der Waals surface area (Å²) in [4.78, 5) is 5.37. The summed E-state index contributed by atoms with van der Waals surface area (Å²) in [7, 11) is -2.90. The van der Waals surface area contributed by atoms with Crippen LogP contribution in [0.15, 0.2) is 5.51 Å². The van der Waals surface area contributed by atoms with Crippen LogP contribution < -0.4 is 5.32 Å². The molecule has 0 fully saturated rings. The molecule has 1 aromatic heterocycles. The number of rotatable bonds is 7. The lowest BCUT2D eigenvalue weighted by Gasteiger charge is -2.17. The summed E-state index contributed by atoms with van der Waals surface area (Å²) in [6, 6.07) is 0.108. The monoisotopic (exact) mass is 276 g/mol. The van der Waals surface area contributed by atoms with Gasteiger partial charge in [0.15, 0.2) is 0 Å². The molecule has 1 aromatic rings. The van der Waals surface area contributed by atoms with Gasteiger partial charge in [-0.2, -0.15) is 0 Å². The molecule has 1 unspecified atom stereocenters. The molecule has 0 aromatic carbocycles. The number of aryl methyl sites for hydroxylation is 1. The van der Waals surface area contributed by atoms with Crippen LogP contribution in [0.4, 0.5) is 0 Å². The second-order valence-electron chi connectivity index (χ2n) is 4.23. The van der Waals surface area contributed by atoms with Crippen molar-refractivity contribution in [2.45, 2.75) is 32.7 Å². The topological polar surface area (TPSA) is 59.1 Å². The van der Waals surface area contributed by atoms with Crippen LogP contribution in [-0.4, -0.2) is 32.0 Å². The van der Waals surface area contributed by atoms with E-state index in [1.54, 1.807) is 11.3 Å². The molecule has 1 N–H and O–H groups in total. The first-order chi connectivity index (χ1) is 7.94. The Hall–Kier alpha value is -0.460. The fourth-order valence-electron chi connectivity index (χ4n) is 1.62. The minimum absolute atomic E-state index is 0.108. The third kappa shape index (κ3) is 5.14. The summed E-state index contributed by atoms with van der Waals surface area (Å²) in [5, 5.41) is 3.39. The van der Waals surface area contributed by atoms with Gasteiger partial charge in [0, 0.05) is 17.2 Å². The molecule has 1 heterocycles. The summed E-state index contributed by atoms with van der Waals surface area (Å²) in [5.41, 5.74) is 2.81. The zero-order chi connectivity index (χ0) is 12.9. The molecular weight excluding hydrogens is 256 g/mol. The molecule has 0 aliphatic carbocycles. The second kappa shape index (κ2) is 6.47. The van der Waals surface area contributed by atoms with E-state index in [-0.39, 0.29) is 11.8 Å². The van der Waals surface area contributed by atoms with E-state index in [4.69, 9.17) is 0 Å². The lowest BCUT2D eigenvalue weighted by atomic mass is 10.1. The van der Waals surface area contributed by atoms with E-state index in [0.29, 0.717) is 6.42 Å². The molecule has 17 heavy (non-hydrogen) atoms. The molecule has 0 bridgehead atoms. The van der Waals surface area contributed by atoms with Crippen LogP contribution >= 0.6 is 11.3 Å². The molecule has 6 heteroatoms. The van der Waals surface area contributed by atoms with E-state index >= 15 is 0 Å². The summed E-state index contributed by atoms with van der Waals surface area (Å²) >= 11 is 1.59. The van der Waals surface area contributed by atoms with Crippen molar-refractivity contribution in [1.29, 1.82) is 0 Å². The third-order valence-electron chi connectivity index (χ3n) is 2.52. The lowest BCUT2D eigenvalue weighted by Crippen LogP contribution is -2.24. The van der Waals surface area contributed by atoms with Crippen LogP contribution in [0.25, 0.3) is 0 Å². The summed E-state index contributed by atoms with van der Waals surface area (Å²) < 4.78 is 22.4. The van der Waals surface area contributed by atoms with Crippen LogP contribution in [0, 0.1) is 6.92 Å². The van der Waals surface area contributed by atoms with Crippen molar-refractivity contribution in [2.24, 2.45) is 0 Å². The van der Waals surface area contributed by atoms with Gasteiger partial charge in [0.05, 0.1) is 17.0 Å². The quantitative estimate of drug-likeness (QED) is 0.826. The number of hydrogen-bond donors (Lipinski definition) is 1. The Balaban J connectivity index is 2.71. The Morgan fingerprint density at radius 2 is 2.24 bits per heavy atom. The van der Waals surface area contributed by atoms with Gasteiger partial charge in [0.1, 0.15) is 9.84 Å². The Morgan fingerprint density at radius 1 is 1.53 bits per heavy atom. The second-order valence-corrected chi connectivity index (χ2v) is 7.37. The number of thiazole rings is 1. The summed E-state index contributed by atoms with van der Waals surface area (Å²) in [5.74, 6) is 0.214. The highest BCUT2D eigenvalue weighted by Crippen LogP contribution is 2.24. The number of aromatic nitrogens is 1. The average molecular weight is 276 g/mol. The first-order valence-electron chi connectivity index (χ1n) is 5.75. The van der Waals surface area contributed by atoms with Crippen molar-refractivity contribution in [3.8, 4) is 0 Å². The third-order valence-corrected chi connectivity index (χ3v) is 4.54. The maximum absolute atomic E-state index is 11.2. The summed E-state index contributed by atoms with van der Waals surface area (Å²) in [6.07, 6.45) is 2.93. The molecule has 0 radical (unpaired) electrons. The molecule has 0 spiro atoms. The maximum Gasteiger partial charge on any atom is 0.147 e. The predicted octanol–water partition coefficient (Wildman–Crippen LogP) is 1.93. The van der Waals surface area contributed by atoms with E-state index in [1.807, 2.05) is 12.4 Å². The van der Waals surface area contributed by atoms with Crippen molar-refractivity contribution in [1.82, 2.24) is 10.3 Å². The Labute approximate surface area is 107 Å². The molecule has 0 aliphatic rings. The molecule has 4 nitrogen and oxygen atoms in total. The van der Waals surface area contributed by atoms with E-state index < -0.39 is 9.84 Å². The van der Waals surface area contributed by atoms with Crippen molar-refractivity contribution in [3.05, 3.63) is 16.1 Å². The fraction of sp³-hybridized carbons (Fsp3) is 0.727. The summed E-state index contributed by atoms with van der Waals surface area (Å²) in [6.45, 7) is 4.96. The number of sulfone groups is 1. The van der Waals surface area contributed by atoms with E-state index in [0.717, 1.165) is 23.5 Å². The van der Waals surface area contributed by atoms with Crippen molar-refractivity contribution >= 4 is 21.2 Å². The molecular formula is C11H20N2O2S2. The van der Waals surface area contributed by atoms with Gasteiger partial charge in [-0.25, -0.2) is 13.4 Å². The van der Waals surface area contributed by atoms with Crippen LogP contribution in [0.2, 0.25) is 0 Å². The largest absolute Gasteiger partial charge is 0.309 e. The van der Waals surface area contributed by atoms with Crippen molar-refractivity contribution in [2.75, 3.05) is 18.6 Å². The predicted molar refractivity (Wildman–Crippen MR) is 72.2 cm³/mol. The zero-order valence-electron chi connectivity index (χ0n) is 10.6. The van der Waals surface area contributed by atoms with Gasteiger partial charge in [-0.1, -0.05) is 6.92 Å². The maximum atomic E-state index is 11.2. The normalized spacial score (nSPS) is 13.8. The Kier molecular flexibility index (Phi) is 5.55. The number of nitrogens with zero attached hydrogens (tertiary/aromatic N) is 1. The van der Waals surface area contributed by atoms with Gasteiger partial charge in [0.2, 0.25) is 0 Å². The Morgan fingerprint density at radius 3 is 2.71 bits per heavy atom. The average Bonchev–Trinajstić information content (AvgIpc) is 2.63. The van der Waals surface area contributed by atoms with Gasteiger partial charge >= 0.3 is 0 Å². The first-order valence-corrected chi connectivity index (χ1v) is 8.69. The van der Waals surface area contributed by atoms with Gasteiger partial charge in [-0.05, 0) is 26.3 Å². The zero-order valence-corrected chi connectivity index (χ0v) is 12.2. The molecule has 1 atom stereocenters. The van der Waals surface area contributed by atoms with Gasteiger partial charge in [-0.15, -0.1) is 11.3 Å². The van der Waals surface area contributed by atoms with Gasteiger partial charge in [-0.3, -0.25) is 0 Å². The van der Waals surface area contributed by atoms with Gasteiger partial charge < -0.3 is 5.32 Å². The molecule has 0 saturated carbocycles. The number of nitrogens with one attached hydrogen (secondary N) is 1. The van der Waals surface area contributed by atoms with Crippen LogP contribution in [0.3, 0.4) is 0 Å². The fourth-order valence-corrected chi connectivity index (χ4v) is 3.20. The standard InChI is InChI=1S/C11H20N2O2S2/c1-4-6-12-10(5-7-17(3,14)15)11-9(2)13-8-16-11/h8,10,12H,4-7H2,1-3H3. The van der Waals surface area contributed by atoms with E-state index in [2.05, 4.69) is 17.2 Å². The molecule has 0 aliphatic heterocycles. The van der Waals surface area contributed by atoms with Crippen LogP contribution in [0.1, 0.15) is 36.4 Å². The Bertz CT molecular complexity index is 440. The highest BCUT2D eigenvalue weighted by atomic mass is 32.2. The highest BCUT2D eigenvalue weighted by Gasteiger charge is 2.17. The highest BCUT2D eigenvalue weighted by molar-refractivity contribution is 7.90. The minimum Gasteiger partial charge on any atom is -0.309 e. The van der Waals surface area contributed by atoms with E-state index in [9.17, 15) is 8.42 Å². The van der Waals surface area contributed by atoms with Crippen LogP contribution in [-0.2, 0) is 9.84 Å². The van der Waals surface area contributed by atoms with E-state index in [1.165, 1.54) is 6.26 Å². The first kappa shape index (κ1) is 14.6. The van der Waals surface area contributed by atoms with Gasteiger partial charge in [0.25, 0.3) is 0 Å². The molecule has 0 amide bonds. The minimum atomic E-state index is -2.90. The molecule has 1 rings (SSSR count). The molecule has 0 saturated heterocycles. The van der Waals surface area contributed by atoms with Crippen molar-refractivity contribution in [3.63, 3.8) is 0 Å².